The predicted molar refractivity (Wildman–Crippen MR) is 253 cm³/mol. The molecule has 0 aromatic carbocycles. The molecule has 0 radical (unpaired) electrons. The van der Waals surface area contributed by atoms with Crippen molar-refractivity contribution in [3.63, 3.8) is 0 Å². The highest BCUT2D eigenvalue weighted by Crippen LogP contribution is 2.15. The first-order chi connectivity index (χ1) is 28.2. The summed E-state index contributed by atoms with van der Waals surface area (Å²) in [5.41, 5.74) is 0. The quantitative estimate of drug-likeness (QED) is 0.0425. The number of carbonyl (C=O) groups is 1. The predicted octanol–water partition coefficient (Wildman–Crippen LogP) is 15.6. The Morgan fingerprint density at radius 2 is 0.772 bits per heavy atom. The zero-order chi connectivity index (χ0) is 41.4. The summed E-state index contributed by atoms with van der Waals surface area (Å²) in [5.74, 6) is -0.0385. The third-order valence-electron chi connectivity index (χ3n) is 10.7. The third-order valence-corrected chi connectivity index (χ3v) is 10.7. The SMILES string of the molecule is CC/C=C\C/C=C\C/C=C\C/C=C\C/C=C\C/C=C\C/C=C\CCCCCCCCCCCCCCCCCCCC(=O)NC(CO)C(O)CCCCCCCC. The lowest BCUT2D eigenvalue weighted by Crippen LogP contribution is -2.45. The van der Waals surface area contributed by atoms with E-state index in [1.807, 2.05) is 0 Å². The van der Waals surface area contributed by atoms with Gasteiger partial charge in [0.25, 0.3) is 0 Å². The molecule has 4 nitrogen and oxygen atoms in total. The number of amides is 1. The van der Waals surface area contributed by atoms with Gasteiger partial charge in [0.2, 0.25) is 5.91 Å². The third kappa shape index (κ3) is 44.5. The van der Waals surface area contributed by atoms with Crippen molar-refractivity contribution in [1.82, 2.24) is 5.32 Å². The average Bonchev–Trinajstić information content (AvgIpc) is 3.22. The Hall–Kier alpha value is -2.43. The summed E-state index contributed by atoms with van der Waals surface area (Å²) in [6.07, 6.45) is 70.0. The van der Waals surface area contributed by atoms with Crippen LogP contribution >= 0.6 is 0 Å². The van der Waals surface area contributed by atoms with Crippen LogP contribution in [0.15, 0.2) is 85.1 Å². The van der Waals surface area contributed by atoms with Crippen molar-refractivity contribution in [2.75, 3.05) is 6.61 Å². The van der Waals surface area contributed by atoms with E-state index in [4.69, 9.17) is 0 Å². The van der Waals surface area contributed by atoms with Crippen molar-refractivity contribution in [1.29, 1.82) is 0 Å². The fourth-order valence-corrected chi connectivity index (χ4v) is 6.99. The second-order valence-corrected chi connectivity index (χ2v) is 16.2. The zero-order valence-corrected chi connectivity index (χ0v) is 37.6. The molecule has 0 aliphatic heterocycles. The molecule has 3 N–H and O–H groups in total. The van der Waals surface area contributed by atoms with Crippen molar-refractivity contribution in [3.8, 4) is 0 Å². The van der Waals surface area contributed by atoms with Gasteiger partial charge in [0.15, 0.2) is 0 Å². The van der Waals surface area contributed by atoms with Crippen LogP contribution in [0.5, 0.6) is 0 Å². The van der Waals surface area contributed by atoms with Crippen molar-refractivity contribution in [3.05, 3.63) is 85.1 Å². The lowest BCUT2D eigenvalue weighted by atomic mass is 10.0. The Kier molecular flexibility index (Phi) is 45.9. The first kappa shape index (κ1) is 54.6. The van der Waals surface area contributed by atoms with E-state index in [2.05, 4.69) is 104 Å². The summed E-state index contributed by atoms with van der Waals surface area (Å²) in [5, 5.41) is 22.9. The van der Waals surface area contributed by atoms with Crippen LogP contribution < -0.4 is 5.32 Å². The highest BCUT2D eigenvalue weighted by molar-refractivity contribution is 5.76. The Morgan fingerprint density at radius 3 is 1.16 bits per heavy atom. The topological polar surface area (TPSA) is 69.6 Å². The van der Waals surface area contributed by atoms with Crippen LogP contribution in [0.3, 0.4) is 0 Å². The molecule has 0 saturated carbocycles. The number of hydrogen-bond donors (Lipinski definition) is 3. The van der Waals surface area contributed by atoms with E-state index < -0.39 is 12.1 Å². The lowest BCUT2D eigenvalue weighted by Gasteiger charge is -2.22. The van der Waals surface area contributed by atoms with Crippen LogP contribution in [0.1, 0.15) is 226 Å². The molecule has 0 aromatic heterocycles. The molecule has 0 fully saturated rings. The summed E-state index contributed by atoms with van der Waals surface area (Å²) < 4.78 is 0. The Balaban J connectivity index is 3.44. The molecule has 1 amide bonds. The van der Waals surface area contributed by atoms with Gasteiger partial charge in [-0.3, -0.25) is 4.79 Å². The highest BCUT2D eigenvalue weighted by Gasteiger charge is 2.19. The molecule has 4 heteroatoms. The van der Waals surface area contributed by atoms with Gasteiger partial charge in [0, 0.05) is 6.42 Å². The van der Waals surface area contributed by atoms with E-state index in [0.717, 1.165) is 70.6 Å². The van der Waals surface area contributed by atoms with Gasteiger partial charge < -0.3 is 15.5 Å². The van der Waals surface area contributed by atoms with E-state index in [9.17, 15) is 15.0 Å². The Morgan fingerprint density at radius 1 is 0.439 bits per heavy atom. The van der Waals surface area contributed by atoms with Crippen molar-refractivity contribution >= 4 is 5.91 Å². The van der Waals surface area contributed by atoms with E-state index >= 15 is 0 Å². The van der Waals surface area contributed by atoms with Gasteiger partial charge >= 0.3 is 0 Å². The summed E-state index contributed by atoms with van der Waals surface area (Å²) in [4.78, 5) is 12.3. The molecule has 2 unspecified atom stereocenters. The molecule has 0 aromatic rings. The van der Waals surface area contributed by atoms with Crippen LogP contribution in [0, 0.1) is 0 Å². The van der Waals surface area contributed by atoms with Gasteiger partial charge in [-0.1, -0.05) is 234 Å². The minimum atomic E-state index is -0.657. The summed E-state index contributed by atoms with van der Waals surface area (Å²) in [7, 11) is 0. The fourth-order valence-electron chi connectivity index (χ4n) is 6.99. The number of allylic oxidation sites excluding steroid dienone is 14. The van der Waals surface area contributed by atoms with E-state index in [0.29, 0.717) is 12.8 Å². The van der Waals surface area contributed by atoms with Crippen LogP contribution in [-0.2, 0) is 4.79 Å². The zero-order valence-electron chi connectivity index (χ0n) is 37.6. The smallest absolute Gasteiger partial charge is 0.220 e. The maximum absolute atomic E-state index is 12.3. The maximum atomic E-state index is 12.3. The van der Waals surface area contributed by atoms with Crippen molar-refractivity contribution in [2.24, 2.45) is 0 Å². The number of rotatable bonds is 43. The largest absolute Gasteiger partial charge is 0.394 e. The van der Waals surface area contributed by atoms with E-state index in [1.54, 1.807) is 0 Å². The number of hydrogen-bond acceptors (Lipinski definition) is 3. The fraction of sp³-hybridized carbons (Fsp3) is 0.717. The van der Waals surface area contributed by atoms with Crippen LogP contribution in [0.4, 0.5) is 0 Å². The second kappa shape index (κ2) is 47.9. The minimum absolute atomic E-state index is 0.0385. The number of nitrogens with one attached hydrogen (secondary N) is 1. The molecular weight excluding hydrogens is 699 g/mol. The van der Waals surface area contributed by atoms with Crippen molar-refractivity contribution < 1.29 is 15.0 Å². The molecule has 0 rings (SSSR count). The first-order valence-electron chi connectivity index (χ1n) is 24.3. The van der Waals surface area contributed by atoms with Crippen LogP contribution in [-0.4, -0.2) is 34.9 Å². The summed E-state index contributed by atoms with van der Waals surface area (Å²) in [6.45, 7) is 4.18. The monoisotopic (exact) mass is 792 g/mol. The summed E-state index contributed by atoms with van der Waals surface area (Å²) in [6, 6.07) is -0.534. The van der Waals surface area contributed by atoms with Gasteiger partial charge in [-0.05, 0) is 70.6 Å². The standard InChI is InChI=1S/C53H93NO3/c1-3-5-7-9-11-12-13-14-15-16-17-18-19-20-21-22-23-24-25-26-27-28-29-30-31-32-33-34-35-36-37-38-39-40-41-42-43-45-47-49-53(57)54-51(50-55)52(56)48-46-44-10-8-6-4-2/h5,7,11-12,14-15,17-18,20-21,23-24,26-27,51-52,55-56H,3-4,6,8-10,13,16,19,22,25,28-50H2,1-2H3,(H,54,57)/b7-5-,12-11-,15-14-,18-17-,21-20-,24-23-,27-26-. The molecule has 0 aliphatic carbocycles. The molecule has 0 bridgehead atoms. The number of unbranched alkanes of at least 4 members (excludes halogenated alkanes) is 22. The maximum Gasteiger partial charge on any atom is 0.220 e. The Bertz CT molecular complexity index is 1030. The number of aliphatic hydroxyl groups excluding tert-OH is 2. The molecule has 0 saturated heterocycles. The molecule has 2 atom stereocenters. The molecule has 328 valence electrons. The van der Waals surface area contributed by atoms with Crippen LogP contribution in [0.2, 0.25) is 0 Å². The normalized spacial score (nSPS) is 13.7. The van der Waals surface area contributed by atoms with Crippen LogP contribution in [0.25, 0.3) is 0 Å². The first-order valence-corrected chi connectivity index (χ1v) is 24.3. The number of aliphatic hydroxyl groups is 2. The molecule has 0 spiro atoms. The molecule has 57 heavy (non-hydrogen) atoms. The average molecular weight is 792 g/mol. The Labute approximate surface area is 354 Å². The molecule has 0 aliphatic rings. The molecular formula is C53H93NO3. The van der Waals surface area contributed by atoms with Gasteiger partial charge in [-0.15, -0.1) is 0 Å². The van der Waals surface area contributed by atoms with E-state index in [1.165, 1.54) is 128 Å². The van der Waals surface area contributed by atoms with E-state index in [-0.39, 0.29) is 12.5 Å². The highest BCUT2D eigenvalue weighted by atomic mass is 16.3. The van der Waals surface area contributed by atoms with Gasteiger partial charge in [0.1, 0.15) is 0 Å². The minimum Gasteiger partial charge on any atom is -0.394 e. The van der Waals surface area contributed by atoms with Gasteiger partial charge in [0.05, 0.1) is 18.8 Å². The lowest BCUT2D eigenvalue weighted by molar-refractivity contribution is -0.123. The summed E-state index contributed by atoms with van der Waals surface area (Å²) >= 11 is 0. The van der Waals surface area contributed by atoms with Gasteiger partial charge in [-0.2, -0.15) is 0 Å². The van der Waals surface area contributed by atoms with Crippen molar-refractivity contribution in [2.45, 2.75) is 238 Å². The molecule has 0 heterocycles. The number of carbonyl (C=O) groups excluding carboxylic acids is 1. The second-order valence-electron chi connectivity index (χ2n) is 16.2. The van der Waals surface area contributed by atoms with Gasteiger partial charge in [-0.25, -0.2) is 0 Å².